The van der Waals surface area contributed by atoms with Gasteiger partial charge in [-0.15, -0.1) is 5.10 Å². The Hall–Kier alpha value is -4.07. The lowest BCUT2D eigenvalue weighted by atomic mass is 10.2. The highest BCUT2D eigenvalue weighted by atomic mass is 16.2. The highest BCUT2D eigenvalue weighted by molar-refractivity contribution is 5.92. The number of aromatic nitrogens is 5. The molecular weight excluding hydrogens is 402 g/mol. The molecule has 0 unspecified atom stereocenters. The summed E-state index contributed by atoms with van der Waals surface area (Å²) in [6.45, 7) is 3.22. The molecule has 0 bridgehead atoms. The van der Waals surface area contributed by atoms with E-state index in [1.165, 1.54) is 0 Å². The topological polar surface area (TPSA) is 80.0 Å². The first-order chi connectivity index (χ1) is 15.8. The number of fused-ring (bicyclic) bond motifs is 1. The second kappa shape index (κ2) is 8.97. The van der Waals surface area contributed by atoms with Crippen LogP contribution in [0.5, 0.6) is 0 Å². The van der Waals surface area contributed by atoms with Crippen LogP contribution in [0.3, 0.4) is 0 Å². The third-order valence-electron chi connectivity index (χ3n) is 5.56. The molecule has 32 heavy (non-hydrogen) atoms. The van der Waals surface area contributed by atoms with E-state index in [2.05, 4.69) is 37.3 Å². The molecule has 0 radical (unpaired) electrons. The minimum absolute atomic E-state index is 0.0233. The van der Waals surface area contributed by atoms with Crippen molar-refractivity contribution in [2.24, 2.45) is 0 Å². The largest absolute Gasteiger partial charge is 0.351 e. The Morgan fingerprint density at radius 2 is 1.62 bits per heavy atom. The predicted octanol–water partition coefficient (Wildman–Crippen LogP) is 2.63. The summed E-state index contributed by atoms with van der Waals surface area (Å²) < 4.78 is 1.80. The Morgan fingerprint density at radius 1 is 0.906 bits per heavy atom. The van der Waals surface area contributed by atoms with E-state index in [1.54, 1.807) is 17.1 Å². The van der Waals surface area contributed by atoms with E-state index in [9.17, 15) is 4.79 Å². The summed E-state index contributed by atoms with van der Waals surface area (Å²) in [6.07, 6.45) is 5.05. The SMILES string of the molecule is O=C(C=Cc1ccccc1)N1CCN(c2ncnc3c2nnn3Cc2ccccc2)CC1. The minimum atomic E-state index is 0.0233. The maximum atomic E-state index is 12.6. The quantitative estimate of drug-likeness (QED) is 0.458. The molecular formula is C24H23N7O. The lowest BCUT2D eigenvalue weighted by molar-refractivity contribution is -0.126. The number of hydrogen-bond acceptors (Lipinski definition) is 6. The maximum absolute atomic E-state index is 12.6. The molecule has 0 N–H and O–H groups in total. The third kappa shape index (κ3) is 4.20. The van der Waals surface area contributed by atoms with Crippen LogP contribution in [0, 0.1) is 0 Å². The Balaban J connectivity index is 1.27. The number of nitrogens with zero attached hydrogens (tertiary/aromatic N) is 7. The van der Waals surface area contributed by atoms with Crippen LogP contribution in [-0.4, -0.2) is 61.9 Å². The van der Waals surface area contributed by atoms with Crippen molar-refractivity contribution in [2.75, 3.05) is 31.1 Å². The minimum Gasteiger partial charge on any atom is -0.351 e. The first-order valence-electron chi connectivity index (χ1n) is 10.6. The molecule has 3 heterocycles. The zero-order valence-corrected chi connectivity index (χ0v) is 17.6. The molecule has 160 valence electrons. The highest BCUT2D eigenvalue weighted by Crippen LogP contribution is 2.22. The number of anilines is 1. The fourth-order valence-electron chi connectivity index (χ4n) is 3.85. The van der Waals surface area contributed by atoms with Crippen molar-refractivity contribution in [3.05, 3.63) is 84.2 Å². The molecule has 8 heteroatoms. The van der Waals surface area contributed by atoms with Gasteiger partial charge in [-0.3, -0.25) is 4.79 Å². The number of rotatable bonds is 5. The van der Waals surface area contributed by atoms with Crippen LogP contribution in [-0.2, 0) is 11.3 Å². The maximum Gasteiger partial charge on any atom is 0.246 e. The van der Waals surface area contributed by atoms with Gasteiger partial charge in [0, 0.05) is 32.3 Å². The van der Waals surface area contributed by atoms with Crippen molar-refractivity contribution >= 4 is 29.0 Å². The van der Waals surface area contributed by atoms with Crippen molar-refractivity contribution in [3.8, 4) is 0 Å². The van der Waals surface area contributed by atoms with E-state index in [4.69, 9.17) is 0 Å². The summed E-state index contributed by atoms with van der Waals surface area (Å²) in [5, 5.41) is 8.67. The zero-order chi connectivity index (χ0) is 21.8. The van der Waals surface area contributed by atoms with Gasteiger partial charge in [0.2, 0.25) is 5.91 Å². The first-order valence-corrected chi connectivity index (χ1v) is 10.6. The summed E-state index contributed by atoms with van der Waals surface area (Å²) in [5.41, 5.74) is 3.55. The molecule has 4 aromatic rings. The highest BCUT2D eigenvalue weighted by Gasteiger charge is 2.23. The van der Waals surface area contributed by atoms with Crippen molar-refractivity contribution in [1.29, 1.82) is 0 Å². The van der Waals surface area contributed by atoms with E-state index in [1.807, 2.05) is 59.5 Å². The predicted molar refractivity (Wildman–Crippen MR) is 123 cm³/mol. The molecule has 8 nitrogen and oxygen atoms in total. The monoisotopic (exact) mass is 425 g/mol. The summed E-state index contributed by atoms with van der Waals surface area (Å²) in [4.78, 5) is 25.5. The standard InChI is InChI=1S/C24H23N7O/c32-21(12-11-19-7-3-1-4-8-19)29-13-15-30(16-14-29)23-22-24(26-18-25-23)31(28-27-22)17-20-9-5-2-6-10-20/h1-12,18H,13-17H2. The van der Waals surface area contributed by atoms with E-state index >= 15 is 0 Å². The van der Waals surface area contributed by atoms with Gasteiger partial charge >= 0.3 is 0 Å². The van der Waals surface area contributed by atoms with Gasteiger partial charge in [0.15, 0.2) is 17.0 Å². The van der Waals surface area contributed by atoms with E-state index < -0.39 is 0 Å². The molecule has 0 atom stereocenters. The number of piperazine rings is 1. The summed E-state index contributed by atoms with van der Waals surface area (Å²) in [5.74, 6) is 0.788. The van der Waals surface area contributed by atoms with Gasteiger partial charge in [0.1, 0.15) is 6.33 Å². The number of amides is 1. The lowest BCUT2D eigenvalue weighted by Gasteiger charge is -2.34. The van der Waals surface area contributed by atoms with Gasteiger partial charge in [0.25, 0.3) is 0 Å². The van der Waals surface area contributed by atoms with Crippen molar-refractivity contribution < 1.29 is 4.79 Å². The van der Waals surface area contributed by atoms with Crippen LogP contribution in [0.2, 0.25) is 0 Å². The smallest absolute Gasteiger partial charge is 0.246 e. The molecule has 0 spiro atoms. The Kier molecular flexibility index (Phi) is 5.57. The molecule has 2 aromatic heterocycles. The van der Waals surface area contributed by atoms with Gasteiger partial charge in [-0.05, 0) is 17.2 Å². The van der Waals surface area contributed by atoms with Gasteiger partial charge in [-0.2, -0.15) is 0 Å². The summed E-state index contributed by atoms with van der Waals surface area (Å²) in [7, 11) is 0. The van der Waals surface area contributed by atoms with Crippen LogP contribution >= 0.6 is 0 Å². The van der Waals surface area contributed by atoms with Crippen LogP contribution in [0.15, 0.2) is 73.1 Å². The molecule has 1 saturated heterocycles. The van der Waals surface area contributed by atoms with E-state index in [0.717, 1.165) is 16.9 Å². The molecule has 0 saturated carbocycles. The molecule has 1 amide bonds. The molecule has 1 fully saturated rings. The normalized spacial score (nSPS) is 14.4. The molecule has 1 aliphatic heterocycles. The van der Waals surface area contributed by atoms with E-state index in [0.29, 0.717) is 43.9 Å². The Bertz CT molecular complexity index is 1230. The first kappa shape index (κ1) is 19.9. The Morgan fingerprint density at radius 3 is 2.38 bits per heavy atom. The van der Waals surface area contributed by atoms with Crippen molar-refractivity contribution in [2.45, 2.75) is 6.54 Å². The van der Waals surface area contributed by atoms with Crippen molar-refractivity contribution in [1.82, 2.24) is 29.9 Å². The second-order valence-electron chi connectivity index (χ2n) is 7.66. The zero-order valence-electron chi connectivity index (χ0n) is 17.6. The van der Waals surface area contributed by atoms with E-state index in [-0.39, 0.29) is 5.91 Å². The third-order valence-corrected chi connectivity index (χ3v) is 5.56. The lowest BCUT2D eigenvalue weighted by Crippen LogP contribution is -2.48. The average Bonchev–Trinajstić information content (AvgIpc) is 3.27. The molecule has 0 aliphatic carbocycles. The molecule has 5 rings (SSSR count). The number of hydrogen-bond donors (Lipinski definition) is 0. The van der Waals surface area contributed by atoms with Gasteiger partial charge in [0.05, 0.1) is 6.54 Å². The van der Waals surface area contributed by atoms with Gasteiger partial charge in [-0.1, -0.05) is 65.9 Å². The molecule has 1 aliphatic rings. The van der Waals surface area contributed by atoms with Crippen LogP contribution in [0.4, 0.5) is 5.82 Å². The van der Waals surface area contributed by atoms with Gasteiger partial charge < -0.3 is 9.80 Å². The summed E-state index contributed by atoms with van der Waals surface area (Å²) in [6, 6.07) is 19.9. The fourth-order valence-corrected chi connectivity index (χ4v) is 3.85. The Labute approximate surface area is 185 Å². The average molecular weight is 425 g/mol. The van der Waals surface area contributed by atoms with Gasteiger partial charge in [-0.25, -0.2) is 14.6 Å². The molecule has 2 aromatic carbocycles. The van der Waals surface area contributed by atoms with Crippen LogP contribution < -0.4 is 4.90 Å². The summed E-state index contributed by atoms with van der Waals surface area (Å²) >= 11 is 0. The van der Waals surface area contributed by atoms with Crippen molar-refractivity contribution in [3.63, 3.8) is 0 Å². The number of benzene rings is 2. The van der Waals surface area contributed by atoms with Crippen LogP contribution in [0.1, 0.15) is 11.1 Å². The number of carbonyl (C=O) groups is 1. The number of carbonyl (C=O) groups excluding carboxylic acids is 1. The fraction of sp³-hybridized carbons (Fsp3) is 0.208. The van der Waals surface area contributed by atoms with Crippen LogP contribution in [0.25, 0.3) is 17.2 Å². The second-order valence-corrected chi connectivity index (χ2v) is 7.66.